The molecule has 58 valence electrons. The van der Waals surface area contributed by atoms with Crippen molar-refractivity contribution in [2.75, 3.05) is 6.61 Å². The van der Waals surface area contributed by atoms with E-state index in [9.17, 15) is 0 Å². The highest BCUT2D eigenvalue weighted by Crippen LogP contribution is 2.22. The van der Waals surface area contributed by atoms with Crippen molar-refractivity contribution < 1.29 is 4.74 Å². The Kier molecular flexibility index (Phi) is 2.50. The van der Waals surface area contributed by atoms with E-state index < -0.39 is 0 Å². The summed E-state index contributed by atoms with van der Waals surface area (Å²) in [5, 5.41) is 0. The number of rotatable bonds is 1. The molecule has 0 aliphatic carbocycles. The topological polar surface area (TPSA) is 9.23 Å². The summed E-state index contributed by atoms with van der Waals surface area (Å²) >= 11 is 0. The fourth-order valence-corrected chi connectivity index (χ4v) is 1.31. The minimum absolute atomic E-state index is 0.337. The van der Waals surface area contributed by atoms with Gasteiger partial charge in [0.25, 0.3) is 0 Å². The zero-order valence-electron chi connectivity index (χ0n) is 6.89. The Morgan fingerprint density at radius 3 is 2.70 bits per heavy atom. The van der Waals surface area contributed by atoms with Crippen LogP contribution in [0.4, 0.5) is 0 Å². The van der Waals surface area contributed by atoms with Crippen LogP contribution in [0.3, 0.4) is 0 Å². The van der Waals surface area contributed by atoms with Crippen LogP contribution in [0.15, 0.2) is 12.2 Å². The first-order chi connectivity index (χ1) is 4.70. The maximum Gasteiger partial charge on any atom is 0.0782 e. The van der Waals surface area contributed by atoms with E-state index in [0.717, 1.165) is 18.9 Å². The van der Waals surface area contributed by atoms with Gasteiger partial charge in [0.05, 0.1) is 6.10 Å². The lowest BCUT2D eigenvalue weighted by Crippen LogP contribution is -2.24. The molecule has 0 aromatic heterocycles. The van der Waals surface area contributed by atoms with Crippen LogP contribution in [0.25, 0.3) is 0 Å². The lowest BCUT2D eigenvalue weighted by molar-refractivity contribution is 0.0174. The van der Waals surface area contributed by atoms with E-state index >= 15 is 0 Å². The van der Waals surface area contributed by atoms with Crippen LogP contribution < -0.4 is 0 Å². The van der Waals surface area contributed by atoms with Crippen molar-refractivity contribution in [1.82, 2.24) is 0 Å². The standard InChI is InChI=1S/C9H16O/c1-7(2)9-6-8(3)4-5-10-9/h8-9H,1,4-6H2,2-3H3/t8-,9+/m0/s1. The Labute approximate surface area is 63.1 Å². The molecule has 1 heteroatoms. The molecule has 2 atom stereocenters. The quantitative estimate of drug-likeness (QED) is 0.508. The van der Waals surface area contributed by atoms with Crippen molar-refractivity contribution in [1.29, 1.82) is 0 Å². The molecule has 0 spiro atoms. The summed E-state index contributed by atoms with van der Waals surface area (Å²) in [6, 6.07) is 0. The lowest BCUT2D eigenvalue weighted by Gasteiger charge is -2.27. The summed E-state index contributed by atoms with van der Waals surface area (Å²) in [6.45, 7) is 9.12. The second-order valence-corrected chi connectivity index (χ2v) is 3.34. The molecule has 1 rings (SSSR count). The smallest absolute Gasteiger partial charge is 0.0782 e. The molecule has 0 bridgehead atoms. The molecule has 1 aliphatic heterocycles. The van der Waals surface area contributed by atoms with Gasteiger partial charge in [-0.1, -0.05) is 19.1 Å². The second kappa shape index (κ2) is 3.20. The third-order valence-corrected chi connectivity index (χ3v) is 2.10. The van der Waals surface area contributed by atoms with Crippen LogP contribution in [-0.2, 0) is 4.74 Å². The van der Waals surface area contributed by atoms with Crippen molar-refractivity contribution >= 4 is 0 Å². The van der Waals surface area contributed by atoms with Gasteiger partial charge in [-0.2, -0.15) is 0 Å². The van der Waals surface area contributed by atoms with Gasteiger partial charge >= 0.3 is 0 Å². The molecular weight excluding hydrogens is 124 g/mol. The van der Waals surface area contributed by atoms with E-state index in [1.54, 1.807) is 0 Å². The predicted octanol–water partition coefficient (Wildman–Crippen LogP) is 2.38. The zero-order valence-corrected chi connectivity index (χ0v) is 6.89. The Morgan fingerprint density at radius 1 is 1.60 bits per heavy atom. The molecule has 1 nitrogen and oxygen atoms in total. The van der Waals surface area contributed by atoms with Gasteiger partial charge in [0.15, 0.2) is 0 Å². The Balaban J connectivity index is 2.39. The van der Waals surface area contributed by atoms with Crippen molar-refractivity contribution in [3.05, 3.63) is 12.2 Å². The summed E-state index contributed by atoms with van der Waals surface area (Å²) in [5.41, 5.74) is 1.17. The summed E-state index contributed by atoms with van der Waals surface area (Å²) in [6.07, 6.45) is 2.71. The fraction of sp³-hybridized carbons (Fsp3) is 0.778. The van der Waals surface area contributed by atoms with Crippen LogP contribution in [0.2, 0.25) is 0 Å². The third kappa shape index (κ3) is 1.84. The van der Waals surface area contributed by atoms with E-state index in [1.807, 2.05) is 6.92 Å². The Morgan fingerprint density at radius 2 is 2.30 bits per heavy atom. The van der Waals surface area contributed by atoms with E-state index in [2.05, 4.69) is 13.5 Å². The van der Waals surface area contributed by atoms with Gasteiger partial charge in [-0.25, -0.2) is 0 Å². The van der Waals surface area contributed by atoms with Gasteiger partial charge in [0.1, 0.15) is 0 Å². The van der Waals surface area contributed by atoms with Crippen molar-refractivity contribution in [2.24, 2.45) is 5.92 Å². The molecule has 0 aromatic rings. The van der Waals surface area contributed by atoms with Crippen LogP contribution in [0, 0.1) is 5.92 Å². The minimum atomic E-state index is 0.337. The minimum Gasteiger partial charge on any atom is -0.374 e. The zero-order chi connectivity index (χ0) is 7.56. The monoisotopic (exact) mass is 140 g/mol. The molecule has 10 heavy (non-hydrogen) atoms. The third-order valence-electron chi connectivity index (χ3n) is 2.10. The van der Waals surface area contributed by atoms with Gasteiger partial charge in [-0.15, -0.1) is 0 Å². The maximum atomic E-state index is 5.51. The maximum absolute atomic E-state index is 5.51. The van der Waals surface area contributed by atoms with E-state index in [4.69, 9.17) is 4.74 Å². The average Bonchev–Trinajstić information content (AvgIpc) is 1.88. The molecular formula is C9H16O. The molecule has 0 saturated carbocycles. The van der Waals surface area contributed by atoms with Gasteiger partial charge in [-0.05, 0) is 25.7 Å². The number of hydrogen-bond donors (Lipinski definition) is 0. The molecule has 1 heterocycles. The van der Waals surface area contributed by atoms with Crippen molar-refractivity contribution in [3.8, 4) is 0 Å². The Bertz CT molecular complexity index is 129. The largest absolute Gasteiger partial charge is 0.374 e. The summed E-state index contributed by atoms with van der Waals surface area (Å²) in [5.74, 6) is 0.815. The van der Waals surface area contributed by atoms with Crippen molar-refractivity contribution in [2.45, 2.75) is 32.8 Å². The molecule has 0 unspecified atom stereocenters. The van der Waals surface area contributed by atoms with Crippen LogP contribution >= 0.6 is 0 Å². The predicted molar refractivity (Wildman–Crippen MR) is 43.0 cm³/mol. The van der Waals surface area contributed by atoms with Crippen molar-refractivity contribution in [3.63, 3.8) is 0 Å². The summed E-state index contributed by atoms with van der Waals surface area (Å²) < 4.78 is 5.51. The summed E-state index contributed by atoms with van der Waals surface area (Å²) in [4.78, 5) is 0. The SMILES string of the molecule is C=C(C)[C@H]1C[C@@H](C)CCO1. The molecule has 0 radical (unpaired) electrons. The van der Waals surface area contributed by atoms with Crippen LogP contribution in [0.5, 0.6) is 0 Å². The van der Waals surface area contributed by atoms with E-state index in [0.29, 0.717) is 6.10 Å². The average molecular weight is 140 g/mol. The van der Waals surface area contributed by atoms with Gasteiger partial charge in [0.2, 0.25) is 0 Å². The first-order valence-electron chi connectivity index (χ1n) is 3.97. The van der Waals surface area contributed by atoms with Gasteiger partial charge in [-0.3, -0.25) is 0 Å². The lowest BCUT2D eigenvalue weighted by atomic mass is 9.95. The molecule has 1 aliphatic rings. The molecule has 1 saturated heterocycles. The molecule has 0 N–H and O–H groups in total. The number of ether oxygens (including phenoxy) is 1. The van der Waals surface area contributed by atoms with E-state index in [-0.39, 0.29) is 0 Å². The second-order valence-electron chi connectivity index (χ2n) is 3.34. The highest BCUT2D eigenvalue weighted by Gasteiger charge is 2.19. The Hall–Kier alpha value is -0.300. The molecule has 0 amide bonds. The highest BCUT2D eigenvalue weighted by molar-refractivity contribution is 4.99. The van der Waals surface area contributed by atoms with Crippen LogP contribution in [0.1, 0.15) is 26.7 Å². The van der Waals surface area contributed by atoms with Gasteiger partial charge in [0, 0.05) is 6.61 Å². The van der Waals surface area contributed by atoms with Gasteiger partial charge < -0.3 is 4.74 Å². The first-order valence-corrected chi connectivity index (χ1v) is 3.97. The van der Waals surface area contributed by atoms with Crippen LogP contribution in [-0.4, -0.2) is 12.7 Å². The molecule has 0 aromatic carbocycles. The highest BCUT2D eigenvalue weighted by atomic mass is 16.5. The molecule has 1 fully saturated rings. The summed E-state index contributed by atoms with van der Waals surface area (Å²) in [7, 11) is 0. The first kappa shape index (κ1) is 7.80. The normalized spacial score (nSPS) is 33.8. The fourth-order valence-electron chi connectivity index (χ4n) is 1.31. The number of hydrogen-bond acceptors (Lipinski definition) is 1. The van der Waals surface area contributed by atoms with E-state index in [1.165, 1.54) is 12.0 Å².